The Kier molecular flexibility index (Phi) is 6.55. The molecule has 154 valence electrons. The van der Waals surface area contributed by atoms with Crippen molar-refractivity contribution in [1.82, 2.24) is 20.4 Å². The lowest BCUT2D eigenvalue weighted by Crippen LogP contribution is -2.35. The van der Waals surface area contributed by atoms with Crippen LogP contribution in [0.15, 0.2) is 47.3 Å². The number of hydrogen-bond donors (Lipinski definition) is 2. The highest BCUT2D eigenvalue weighted by atomic mass is 16.5. The molecular weight excluding hydrogens is 384 g/mol. The number of carbonyl (C=O) groups is 1. The van der Waals surface area contributed by atoms with Crippen molar-refractivity contribution in [3.63, 3.8) is 0 Å². The second-order valence-corrected chi connectivity index (χ2v) is 6.38. The Bertz CT molecular complexity index is 1160. The summed E-state index contributed by atoms with van der Waals surface area (Å²) in [6.45, 7) is 0.502. The highest BCUT2D eigenvalue weighted by Crippen LogP contribution is 2.27. The number of rotatable bonds is 7. The first-order valence-electron chi connectivity index (χ1n) is 9.22. The van der Waals surface area contributed by atoms with Crippen molar-refractivity contribution in [2.45, 2.75) is 19.6 Å². The number of nitrogens with one attached hydrogen (secondary N) is 2. The number of amides is 2. The number of benzene rings is 2. The summed E-state index contributed by atoms with van der Waals surface area (Å²) in [4.78, 5) is 24.7. The van der Waals surface area contributed by atoms with Crippen molar-refractivity contribution in [3.8, 4) is 23.8 Å². The molecule has 8 nitrogen and oxygen atoms in total. The zero-order valence-electron chi connectivity index (χ0n) is 16.8. The third-order valence-corrected chi connectivity index (χ3v) is 4.50. The maximum atomic E-state index is 12.5. The SMILES string of the molecule is C#CCn1nc(CNC(=O)NCc2ccc(OC)c(OC)c2)c2ccccc2c1=O. The third kappa shape index (κ3) is 4.52. The van der Waals surface area contributed by atoms with Crippen molar-refractivity contribution < 1.29 is 14.3 Å². The minimum absolute atomic E-state index is 0.0577. The molecule has 8 heteroatoms. The quantitative estimate of drug-likeness (QED) is 0.586. The Balaban J connectivity index is 1.69. The highest BCUT2D eigenvalue weighted by molar-refractivity contribution is 5.84. The van der Waals surface area contributed by atoms with Crippen LogP contribution >= 0.6 is 0 Å². The molecule has 0 aliphatic carbocycles. The molecule has 2 aromatic carbocycles. The molecule has 0 spiro atoms. The molecule has 0 saturated heterocycles. The molecule has 0 unspecified atom stereocenters. The predicted octanol–water partition coefficient (Wildman–Crippen LogP) is 2.05. The maximum absolute atomic E-state index is 12.5. The van der Waals surface area contributed by atoms with Gasteiger partial charge in [-0.2, -0.15) is 5.10 Å². The summed E-state index contributed by atoms with van der Waals surface area (Å²) < 4.78 is 11.7. The van der Waals surface area contributed by atoms with Crippen LogP contribution in [0.2, 0.25) is 0 Å². The van der Waals surface area contributed by atoms with E-state index in [1.807, 2.05) is 12.1 Å². The van der Waals surface area contributed by atoms with E-state index in [0.717, 1.165) is 5.56 Å². The first-order chi connectivity index (χ1) is 14.6. The summed E-state index contributed by atoms with van der Waals surface area (Å²) >= 11 is 0. The molecule has 0 atom stereocenters. The van der Waals surface area contributed by atoms with E-state index in [9.17, 15) is 9.59 Å². The average Bonchev–Trinajstić information content (AvgIpc) is 2.78. The highest BCUT2D eigenvalue weighted by Gasteiger charge is 2.11. The van der Waals surface area contributed by atoms with Gasteiger partial charge in [-0.05, 0) is 23.8 Å². The molecule has 0 fully saturated rings. The van der Waals surface area contributed by atoms with Gasteiger partial charge in [0.2, 0.25) is 0 Å². The van der Waals surface area contributed by atoms with E-state index < -0.39 is 0 Å². The fraction of sp³-hybridized carbons (Fsp3) is 0.227. The van der Waals surface area contributed by atoms with Crippen LogP contribution in [0.5, 0.6) is 11.5 Å². The summed E-state index contributed by atoms with van der Waals surface area (Å²) in [6.07, 6.45) is 5.33. The first-order valence-corrected chi connectivity index (χ1v) is 9.22. The molecule has 1 heterocycles. The largest absolute Gasteiger partial charge is 0.493 e. The van der Waals surface area contributed by atoms with Gasteiger partial charge in [0.15, 0.2) is 11.5 Å². The number of aromatic nitrogens is 2. The molecular formula is C22H22N4O4. The van der Waals surface area contributed by atoms with Gasteiger partial charge < -0.3 is 20.1 Å². The van der Waals surface area contributed by atoms with Gasteiger partial charge in [0.25, 0.3) is 5.56 Å². The smallest absolute Gasteiger partial charge is 0.315 e. The number of hydrogen-bond acceptors (Lipinski definition) is 5. The molecule has 3 aromatic rings. The molecule has 0 bridgehead atoms. The topological polar surface area (TPSA) is 94.5 Å². The summed E-state index contributed by atoms with van der Waals surface area (Å²) in [6, 6.07) is 12.1. The zero-order chi connectivity index (χ0) is 21.5. The predicted molar refractivity (Wildman–Crippen MR) is 113 cm³/mol. The van der Waals surface area contributed by atoms with Crippen LogP contribution in [0.3, 0.4) is 0 Å². The van der Waals surface area contributed by atoms with E-state index in [0.29, 0.717) is 34.5 Å². The molecule has 0 aliphatic rings. The average molecular weight is 406 g/mol. The lowest BCUT2D eigenvalue weighted by atomic mass is 10.1. The minimum Gasteiger partial charge on any atom is -0.493 e. The maximum Gasteiger partial charge on any atom is 0.315 e. The second-order valence-electron chi connectivity index (χ2n) is 6.38. The summed E-state index contributed by atoms with van der Waals surface area (Å²) in [5.74, 6) is 3.62. The van der Waals surface area contributed by atoms with Gasteiger partial charge in [-0.15, -0.1) is 6.42 Å². The number of methoxy groups -OCH3 is 2. The Hall–Kier alpha value is -3.99. The number of carbonyl (C=O) groups excluding carboxylic acids is 1. The van der Waals surface area contributed by atoms with E-state index in [2.05, 4.69) is 21.7 Å². The van der Waals surface area contributed by atoms with Crippen LogP contribution in [-0.4, -0.2) is 30.0 Å². The van der Waals surface area contributed by atoms with Crippen molar-refractivity contribution >= 4 is 16.8 Å². The van der Waals surface area contributed by atoms with Gasteiger partial charge in [0.05, 0.1) is 31.8 Å². The fourth-order valence-electron chi connectivity index (χ4n) is 3.03. The van der Waals surface area contributed by atoms with Gasteiger partial charge in [-0.1, -0.05) is 30.2 Å². The normalized spacial score (nSPS) is 10.3. The van der Waals surface area contributed by atoms with Crippen molar-refractivity contribution in [2.75, 3.05) is 14.2 Å². The van der Waals surface area contributed by atoms with E-state index in [4.69, 9.17) is 15.9 Å². The Morgan fingerprint density at radius 2 is 1.77 bits per heavy atom. The van der Waals surface area contributed by atoms with E-state index in [1.54, 1.807) is 44.6 Å². The Morgan fingerprint density at radius 3 is 2.47 bits per heavy atom. The number of terminal acetylenes is 1. The lowest BCUT2D eigenvalue weighted by molar-refractivity contribution is 0.240. The third-order valence-electron chi connectivity index (χ3n) is 4.50. The number of urea groups is 1. The Labute approximate surface area is 173 Å². The number of ether oxygens (including phenoxy) is 2. The van der Waals surface area contributed by atoms with Gasteiger partial charge in [0.1, 0.15) is 6.54 Å². The molecule has 30 heavy (non-hydrogen) atoms. The monoisotopic (exact) mass is 406 g/mol. The minimum atomic E-state index is -0.370. The summed E-state index contributed by atoms with van der Waals surface area (Å²) in [5, 5.41) is 11.0. The molecule has 2 amide bonds. The van der Waals surface area contributed by atoms with Gasteiger partial charge >= 0.3 is 6.03 Å². The van der Waals surface area contributed by atoms with Crippen LogP contribution in [-0.2, 0) is 19.6 Å². The first kappa shape index (κ1) is 20.7. The van der Waals surface area contributed by atoms with Crippen molar-refractivity contribution in [2.24, 2.45) is 0 Å². The van der Waals surface area contributed by atoms with Crippen LogP contribution in [0.25, 0.3) is 10.8 Å². The van der Waals surface area contributed by atoms with E-state index in [-0.39, 0.29) is 24.7 Å². The molecule has 0 saturated carbocycles. The molecule has 2 N–H and O–H groups in total. The van der Waals surface area contributed by atoms with Gasteiger partial charge in [-0.25, -0.2) is 9.48 Å². The van der Waals surface area contributed by atoms with E-state index >= 15 is 0 Å². The van der Waals surface area contributed by atoms with Gasteiger partial charge in [-0.3, -0.25) is 4.79 Å². The molecule has 3 rings (SSSR count). The van der Waals surface area contributed by atoms with Gasteiger partial charge in [0, 0.05) is 11.9 Å². The number of fused-ring (bicyclic) bond motifs is 1. The van der Waals surface area contributed by atoms with Crippen molar-refractivity contribution in [3.05, 3.63) is 64.1 Å². The summed E-state index contributed by atoms with van der Waals surface area (Å²) in [7, 11) is 3.12. The lowest BCUT2D eigenvalue weighted by Gasteiger charge is -2.12. The summed E-state index contributed by atoms with van der Waals surface area (Å²) in [5.41, 5.74) is 1.15. The molecule has 1 aromatic heterocycles. The van der Waals surface area contributed by atoms with Crippen LogP contribution in [0.1, 0.15) is 11.3 Å². The fourth-order valence-corrected chi connectivity index (χ4v) is 3.03. The Morgan fingerprint density at radius 1 is 1.07 bits per heavy atom. The standard InChI is InChI=1S/C22H22N4O4/c1-4-11-26-21(27)17-8-6-5-7-16(17)18(25-26)14-24-22(28)23-13-15-9-10-19(29-2)20(12-15)30-3/h1,5-10,12H,11,13-14H2,2-3H3,(H2,23,24,28). The van der Waals surface area contributed by atoms with Crippen LogP contribution in [0.4, 0.5) is 4.79 Å². The van der Waals surface area contributed by atoms with E-state index in [1.165, 1.54) is 4.68 Å². The zero-order valence-corrected chi connectivity index (χ0v) is 16.8. The molecule has 0 radical (unpaired) electrons. The molecule has 0 aliphatic heterocycles. The van der Waals surface area contributed by atoms with Crippen LogP contribution in [0, 0.1) is 12.3 Å². The number of nitrogens with zero attached hydrogens (tertiary/aromatic N) is 2. The van der Waals surface area contributed by atoms with Crippen LogP contribution < -0.4 is 25.7 Å². The second kappa shape index (κ2) is 9.47. The van der Waals surface area contributed by atoms with Crippen molar-refractivity contribution in [1.29, 1.82) is 0 Å².